The smallest absolute Gasteiger partial charge is 0.218 e. The number of hydrogen-bond donors (Lipinski definition) is 3. The van der Waals surface area contributed by atoms with Crippen molar-refractivity contribution >= 4 is 5.84 Å². The summed E-state index contributed by atoms with van der Waals surface area (Å²) in [6, 6.07) is 2.94. The summed E-state index contributed by atoms with van der Waals surface area (Å²) in [4.78, 5) is 3.81. The lowest BCUT2D eigenvalue weighted by molar-refractivity contribution is 0.525. The van der Waals surface area contributed by atoms with Crippen molar-refractivity contribution in [3.05, 3.63) is 29.8 Å². The third-order valence-electron chi connectivity index (χ3n) is 2.20. The SMILES string of the molecule is CCN[C@@H](C)CN/N=C(\N=N)c1ccc(F)cn1. The summed E-state index contributed by atoms with van der Waals surface area (Å²) >= 11 is 0. The maximum absolute atomic E-state index is 12.7. The van der Waals surface area contributed by atoms with Gasteiger partial charge in [-0.3, -0.25) is 0 Å². The predicted molar refractivity (Wildman–Crippen MR) is 67.0 cm³/mol. The molecule has 1 aromatic heterocycles. The van der Waals surface area contributed by atoms with Gasteiger partial charge in [0.15, 0.2) is 0 Å². The summed E-state index contributed by atoms with van der Waals surface area (Å²) in [5.74, 6) is -0.310. The topological polar surface area (TPSA) is 85.5 Å². The molecule has 0 aliphatic rings. The Morgan fingerprint density at radius 2 is 2.33 bits per heavy atom. The number of hydrazone groups is 1. The minimum absolute atomic E-state index is 0.124. The van der Waals surface area contributed by atoms with Gasteiger partial charge in [0.2, 0.25) is 5.84 Å². The second-order valence-corrected chi connectivity index (χ2v) is 3.73. The van der Waals surface area contributed by atoms with Gasteiger partial charge < -0.3 is 10.7 Å². The van der Waals surface area contributed by atoms with E-state index in [1.165, 1.54) is 12.1 Å². The molecule has 0 unspecified atom stereocenters. The number of halogens is 1. The summed E-state index contributed by atoms with van der Waals surface area (Å²) < 4.78 is 12.7. The first-order valence-corrected chi connectivity index (χ1v) is 5.70. The molecule has 1 heterocycles. The fraction of sp³-hybridized carbons (Fsp3) is 0.455. The van der Waals surface area contributed by atoms with Crippen LogP contribution >= 0.6 is 0 Å². The fourth-order valence-electron chi connectivity index (χ4n) is 1.33. The van der Waals surface area contributed by atoms with Crippen molar-refractivity contribution in [2.45, 2.75) is 19.9 Å². The predicted octanol–water partition coefficient (Wildman–Crippen LogP) is 1.50. The summed E-state index contributed by atoms with van der Waals surface area (Å²) in [7, 11) is 0. The third-order valence-corrected chi connectivity index (χ3v) is 2.20. The average Bonchev–Trinajstić information content (AvgIpc) is 2.36. The van der Waals surface area contributed by atoms with Crippen LogP contribution in [0, 0.1) is 11.3 Å². The van der Waals surface area contributed by atoms with Crippen LogP contribution in [0.3, 0.4) is 0 Å². The number of nitrogens with one attached hydrogen (secondary N) is 3. The first-order valence-electron chi connectivity index (χ1n) is 5.70. The fourth-order valence-corrected chi connectivity index (χ4v) is 1.33. The lowest BCUT2D eigenvalue weighted by Gasteiger charge is -2.11. The Bertz CT molecular complexity index is 402. The number of pyridine rings is 1. The van der Waals surface area contributed by atoms with Gasteiger partial charge in [0.1, 0.15) is 11.5 Å². The first kappa shape index (κ1) is 14.2. The molecule has 0 spiro atoms. The molecule has 0 saturated heterocycles. The summed E-state index contributed by atoms with van der Waals surface area (Å²) in [6.45, 7) is 5.52. The maximum Gasteiger partial charge on any atom is 0.218 e. The number of aromatic nitrogens is 1. The van der Waals surface area contributed by atoms with Crippen molar-refractivity contribution in [2.24, 2.45) is 10.2 Å². The lowest BCUT2D eigenvalue weighted by atomic mass is 10.3. The number of likely N-dealkylation sites (N-methyl/N-ethyl adjacent to an activating group) is 1. The molecule has 7 heteroatoms. The third kappa shape index (κ3) is 4.54. The van der Waals surface area contributed by atoms with Crippen molar-refractivity contribution < 1.29 is 4.39 Å². The molecule has 98 valence electrons. The van der Waals surface area contributed by atoms with Crippen LogP contribution in [0.5, 0.6) is 0 Å². The highest BCUT2D eigenvalue weighted by atomic mass is 19.1. The highest BCUT2D eigenvalue weighted by molar-refractivity contribution is 5.96. The molecule has 0 aliphatic heterocycles. The molecule has 0 aliphatic carbocycles. The Balaban J connectivity index is 2.60. The molecule has 0 fully saturated rings. The Labute approximate surface area is 105 Å². The van der Waals surface area contributed by atoms with Gasteiger partial charge in [-0.05, 0) is 25.6 Å². The molecule has 0 bridgehead atoms. The molecule has 18 heavy (non-hydrogen) atoms. The molecule has 0 aromatic carbocycles. The van der Waals surface area contributed by atoms with Crippen molar-refractivity contribution in [3.8, 4) is 0 Å². The van der Waals surface area contributed by atoms with Crippen molar-refractivity contribution in [1.29, 1.82) is 5.53 Å². The van der Waals surface area contributed by atoms with E-state index in [0.29, 0.717) is 12.2 Å². The molecule has 0 radical (unpaired) electrons. The number of hydrogen-bond acceptors (Lipinski definition) is 5. The molecule has 6 nitrogen and oxygen atoms in total. The van der Waals surface area contributed by atoms with Gasteiger partial charge in [-0.15, -0.1) is 5.11 Å². The van der Waals surface area contributed by atoms with Crippen LogP contribution < -0.4 is 10.7 Å². The second-order valence-electron chi connectivity index (χ2n) is 3.73. The van der Waals surface area contributed by atoms with Gasteiger partial charge in [-0.2, -0.15) is 5.10 Å². The molecular formula is C11H17FN6. The number of rotatable bonds is 6. The molecular weight excluding hydrogens is 235 g/mol. The van der Waals surface area contributed by atoms with Crippen LogP contribution in [-0.2, 0) is 0 Å². The van der Waals surface area contributed by atoms with E-state index in [1.807, 2.05) is 13.8 Å². The van der Waals surface area contributed by atoms with Crippen molar-refractivity contribution in [1.82, 2.24) is 15.7 Å². The van der Waals surface area contributed by atoms with Crippen LogP contribution in [0.4, 0.5) is 4.39 Å². The van der Waals surface area contributed by atoms with E-state index in [0.717, 1.165) is 12.7 Å². The Morgan fingerprint density at radius 3 is 2.89 bits per heavy atom. The Morgan fingerprint density at radius 1 is 1.56 bits per heavy atom. The minimum Gasteiger partial charge on any atom is -0.313 e. The van der Waals surface area contributed by atoms with Crippen molar-refractivity contribution in [3.63, 3.8) is 0 Å². The molecule has 3 N–H and O–H groups in total. The normalized spacial score (nSPS) is 13.2. The van der Waals surface area contributed by atoms with E-state index < -0.39 is 5.82 Å². The maximum atomic E-state index is 12.7. The van der Waals surface area contributed by atoms with Gasteiger partial charge in [-0.25, -0.2) is 14.9 Å². The molecule has 1 atom stereocenters. The quantitative estimate of drug-likeness (QED) is 0.310. The van der Waals surface area contributed by atoms with Crippen molar-refractivity contribution in [2.75, 3.05) is 13.1 Å². The molecule has 1 rings (SSSR count). The largest absolute Gasteiger partial charge is 0.313 e. The van der Waals surface area contributed by atoms with E-state index in [2.05, 4.69) is 25.9 Å². The monoisotopic (exact) mass is 252 g/mol. The van der Waals surface area contributed by atoms with E-state index in [1.54, 1.807) is 0 Å². The van der Waals surface area contributed by atoms with Crippen LogP contribution in [-0.4, -0.2) is 30.0 Å². The van der Waals surface area contributed by atoms with Gasteiger partial charge in [0.05, 0.1) is 6.20 Å². The molecule has 0 amide bonds. The Hall–Kier alpha value is -1.89. The zero-order valence-electron chi connectivity index (χ0n) is 10.4. The summed E-state index contributed by atoms with van der Waals surface area (Å²) in [6.07, 6.45) is 1.07. The van der Waals surface area contributed by atoms with E-state index in [9.17, 15) is 4.39 Å². The van der Waals surface area contributed by atoms with E-state index in [4.69, 9.17) is 5.53 Å². The first-order chi connectivity index (χ1) is 8.67. The minimum atomic E-state index is -0.434. The van der Waals surface area contributed by atoms with Gasteiger partial charge >= 0.3 is 0 Å². The summed E-state index contributed by atoms with van der Waals surface area (Å²) in [5, 5.41) is 10.4. The van der Waals surface area contributed by atoms with E-state index >= 15 is 0 Å². The van der Waals surface area contributed by atoms with Crippen LogP contribution in [0.25, 0.3) is 0 Å². The van der Waals surface area contributed by atoms with Crippen LogP contribution in [0.2, 0.25) is 0 Å². The van der Waals surface area contributed by atoms with E-state index in [-0.39, 0.29) is 11.9 Å². The van der Waals surface area contributed by atoms with Gasteiger partial charge in [0.25, 0.3) is 0 Å². The van der Waals surface area contributed by atoms with Crippen LogP contribution in [0.1, 0.15) is 19.5 Å². The molecule has 1 aromatic rings. The zero-order chi connectivity index (χ0) is 13.4. The highest BCUT2D eigenvalue weighted by Crippen LogP contribution is 2.00. The Kier molecular flexibility index (Phi) is 5.86. The molecule has 0 saturated carbocycles. The zero-order valence-corrected chi connectivity index (χ0v) is 10.4. The number of amidine groups is 1. The van der Waals surface area contributed by atoms with Gasteiger partial charge in [0, 0.05) is 12.6 Å². The highest BCUT2D eigenvalue weighted by Gasteiger charge is 2.04. The van der Waals surface area contributed by atoms with Gasteiger partial charge in [-0.1, -0.05) is 6.92 Å². The standard InChI is InChI=1S/C11H17FN6/c1-3-14-8(2)6-16-18-11(17-13)10-5-4-9(12)7-15-10/h4-5,7-8,13-14,16H,3,6H2,1-2H3/b17-13?,18-11-/t8-/m0/s1. The lowest BCUT2D eigenvalue weighted by Crippen LogP contribution is -2.34. The average molecular weight is 252 g/mol. The second kappa shape index (κ2) is 7.44. The van der Waals surface area contributed by atoms with Crippen LogP contribution in [0.15, 0.2) is 28.5 Å². The number of nitrogens with zero attached hydrogens (tertiary/aromatic N) is 3. The summed E-state index contributed by atoms with van der Waals surface area (Å²) in [5.41, 5.74) is 10.2.